The van der Waals surface area contributed by atoms with Crippen LogP contribution in [0.15, 0.2) is 36.9 Å². The maximum Gasteiger partial charge on any atom is 0.310 e. The van der Waals surface area contributed by atoms with Gasteiger partial charge in [-0.1, -0.05) is 18.2 Å². The summed E-state index contributed by atoms with van der Waals surface area (Å²) in [5.41, 5.74) is 2.11. The highest BCUT2D eigenvalue weighted by Crippen LogP contribution is 2.45. The minimum Gasteiger partial charge on any atom is -0.481 e. The van der Waals surface area contributed by atoms with Gasteiger partial charge in [0.05, 0.1) is 17.6 Å². The lowest BCUT2D eigenvalue weighted by atomic mass is 9.67. The number of hydrogen-bond donors (Lipinski definition) is 1. The number of nitriles is 1. The summed E-state index contributed by atoms with van der Waals surface area (Å²) in [6.45, 7) is 3.72. The van der Waals surface area contributed by atoms with Crippen LogP contribution < -0.4 is 0 Å². The summed E-state index contributed by atoms with van der Waals surface area (Å²) >= 11 is 0. The van der Waals surface area contributed by atoms with Crippen molar-refractivity contribution in [2.24, 2.45) is 23.7 Å². The number of carbonyl (C=O) groups is 1. The van der Waals surface area contributed by atoms with Gasteiger partial charge < -0.3 is 5.11 Å². The van der Waals surface area contributed by atoms with Crippen LogP contribution in [-0.2, 0) is 4.79 Å². The Kier molecular flexibility index (Phi) is 6.14. The minimum atomic E-state index is -0.716. The molecule has 0 amide bonds. The van der Waals surface area contributed by atoms with Crippen LogP contribution in [-0.4, -0.2) is 11.1 Å². The zero-order valence-electron chi connectivity index (χ0n) is 15.4. The molecular weight excluding hydrogens is 322 g/mol. The van der Waals surface area contributed by atoms with Crippen molar-refractivity contribution in [3.05, 3.63) is 48.0 Å². The lowest BCUT2D eigenvalue weighted by molar-refractivity contribution is -0.142. The highest BCUT2D eigenvalue weighted by molar-refractivity contribution is 5.72. The van der Waals surface area contributed by atoms with E-state index in [-0.39, 0.29) is 11.8 Å². The smallest absolute Gasteiger partial charge is 0.310 e. The zero-order chi connectivity index (χ0) is 18.5. The standard InChI is InChI=1S/C23H29NO2/c1-2-22(23(25)26)21-13-11-20(12-14-21)19-9-7-18(8-10-19)17-5-3-16(15-24)4-6-17/h2-6,18-22H,1,7-14H2,(H,25,26). The van der Waals surface area contributed by atoms with Gasteiger partial charge in [-0.15, -0.1) is 6.58 Å². The molecule has 0 spiro atoms. The fraction of sp³-hybridized carbons (Fsp3) is 0.565. The van der Waals surface area contributed by atoms with Crippen molar-refractivity contribution < 1.29 is 9.90 Å². The first kappa shape index (κ1) is 18.7. The molecule has 2 aliphatic carbocycles. The van der Waals surface area contributed by atoms with E-state index < -0.39 is 5.97 Å². The van der Waals surface area contributed by atoms with E-state index in [4.69, 9.17) is 5.26 Å². The van der Waals surface area contributed by atoms with Gasteiger partial charge in [-0.25, -0.2) is 0 Å². The van der Waals surface area contributed by atoms with E-state index in [1.165, 1.54) is 44.1 Å². The average Bonchev–Trinajstić information content (AvgIpc) is 2.69. The number of carboxylic acid groups (broad SMARTS) is 1. The normalized spacial score (nSPS) is 30.1. The van der Waals surface area contributed by atoms with E-state index in [1.807, 2.05) is 12.1 Å². The van der Waals surface area contributed by atoms with Gasteiger partial charge >= 0.3 is 5.97 Å². The fourth-order valence-electron chi connectivity index (χ4n) is 5.22. The maximum atomic E-state index is 11.3. The highest BCUT2D eigenvalue weighted by atomic mass is 16.4. The van der Waals surface area contributed by atoms with Crippen LogP contribution in [0.25, 0.3) is 0 Å². The second-order valence-electron chi connectivity index (χ2n) is 8.12. The second-order valence-corrected chi connectivity index (χ2v) is 8.12. The predicted molar refractivity (Wildman–Crippen MR) is 103 cm³/mol. The molecule has 3 nitrogen and oxygen atoms in total. The van der Waals surface area contributed by atoms with E-state index >= 15 is 0 Å². The molecule has 1 unspecified atom stereocenters. The van der Waals surface area contributed by atoms with Gasteiger partial charge in [-0.3, -0.25) is 4.79 Å². The molecule has 2 fully saturated rings. The molecule has 0 radical (unpaired) electrons. The molecule has 1 N–H and O–H groups in total. The Bertz CT molecular complexity index is 656. The lowest BCUT2D eigenvalue weighted by Crippen LogP contribution is -2.30. The third kappa shape index (κ3) is 4.18. The molecule has 0 heterocycles. The largest absolute Gasteiger partial charge is 0.481 e. The van der Waals surface area contributed by atoms with Gasteiger partial charge in [0.15, 0.2) is 0 Å². The molecule has 0 bridgehead atoms. The molecule has 3 heteroatoms. The first-order valence-electron chi connectivity index (χ1n) is 9.97. The highest BCUT2D eigenvalue weighted by Gasteiger charge is 2.34. The summed E-state index contributed by atoms with van der Waals surface area (Å²) in [7, 11) is 0. The van der Waals surface area contributed by atoms with Gasteiger partial charge in [0.25, 0.3) is 0 Å². The van der Waals surface area contributed by atoms with Gasteiger partial charge in [-0.05, 0) is 92.7 Å². The maximum absolute atomic E-state index is 11.3. The van der Waals surface area contributed by atoms with Crippen LogP contribution >= 0.6 is 0 Å². The van der Waals surface area contributed by atoms with Crippen LogP contribution in [0.3, 0.4) is 0 Å². The van der Waals surface area contributed by atoms with Gasteiger partial charge in [0.2, 0.25) is 0 Å². The van der Waals surface area contributed by atoms with Crippen LogP contribution in [0.4, 0.5) is 0 Å². The van der Waals surface area contributed by atoms with Gasteiger partial charge in [0, 0.05) is 0 Å². The summed E-state index contributed by atoms with van der Waals surface area (Å²) < 4.78 is 0. The fourth-order valence-corrected chi connectivity index (χ4v) is 5.22. The molecule has 1 aromatic rings. The monoisotopic (exact) mass is 351 g/mol. The number of aliphatic carboxylic acids is 1. The summed E-state index contributed by atoms with van der Waals surface area (Å²) in [6, 6.07) is 10.3. The molecule has 3 rings (SSSR count). The third-order valence-corrected chi connectivity index (χ3v) is 6.81. The van der Waals surface area contributed by atoms with Crippen LogP contribution in [0.2, 0.25) is 0 Å². The molecule has 0 aliphatic heterocycles. The molecule has 2 aliphatic rings. The van der Waals surface area contributed by atoms with Crippen molar-refractivity contribution in [1.82, 2.24) is 0 Å². The van der Waals surface area contributed by atoms with E-state index in [0.717, 1.165) is 30.2 Å². The van der Waals surface area contributed by atoms with Crippen molar-refractivity contribution in [3.63, 3.8) is 0 Å². The Balaban J connectivity index is 1.49. The Morgan fingerprint density at radius 1 is 1.04 bits per heavy atom. The topological polar surface area (TPSA) is 61.1 Å². The first-order chi connectivity index (χ1) is 12.6. The van der Waals surface area contributed by atoms with Crippen molar-refractivity contribution in [2.45, 2.75) is 57.3 Å². The van der Waals surface area contributed by atoms with Crippen LogP contribution in [0, 0.1) is 35.0 Å². The first-order valence-corrected chi connectivity index (χ1v) is 9.97. The molecular formula is C23H29NO2. The Morgan fingerprint density at radius 2 is 1.58 bits per heavy atom. The molecule has 2 saturated carbocycles. The molecule has 0 saturated heterocycles. The number of carboxylic acids is 1. The summed E-state index contributed by atoms with van der Waals surface area (Å²) in [5, 5.41) is 18.3. The van der Waals surface area contributed by atoms with Crippen LogP contribution in [0.5, 0.6) is 0 Å². The van der Waals surface area contributed by atoms with Gasteiger partial charge in [-0.2, -0.15) is 5.26 Å². The van der Waals surface area contributed by atoms with Crippen molar-refractivity contribution in [3.8, 4) is 6.07 Å². The van der Waals surface area contributed by atoms with E-state index in [9.17, 15) is 9.90 Å². The number of benzene rings is 1. The Labute approximate surface area is 156 Å². The summed E-state index contributed by atoms with van der Waals surface area (Å²) in [5.74, 6) is 1.39. The summed E-state index contributed by atoms with van der Waals surface area (Å²) in [4.78, 5) is 11.3. The number of nitrogens with zero attached hydrogens (tertiary/aromatic N) is 1. The van der Waals surface area contributed by atoms with E-state index in [2.05, 4.69) is 24.8 Å². The number of hydrogen-bond acceptors (Lipinski definition) is 2. The van der Waals surface area contributed by atoms with Crippen molar-refractivity contribution in [2.75, 3.05) is 0 Å². The molecule has 26 heavy (non-hydrogen) atoms. The van der Waals surface area contributed by atoms with Crippen molar-refractivity contribution in [1.29, 1.82) is 5.26 Å². The Morgan fingerprint density at radius 3 is 2.04 bits per heavy atom. The predicted octanol–water partition coefficient (Wildman–Crippen LogP) is 5.53. The molecule has 138 valence electrons. The molecule has 0 aromatic heterocycles. The quantitative estimate of drug-likeness (QED) is 0.710. The van der Waals surface area contributed by atoms with Crippen molar-refractivity contribution >= 4 is 5.97 Å². The molecule has 1 atom stereocenters. The second kappa shape index (κ2) is 8.54. The Hall–Kier alpha value is -2.08. The van der Waals surface area contributed by atoms with Gasteiger partial charge in [0.1, 0.15) is 0 Å². The van der Waals surface area contributed by atoms with Crippen LogP contribution in [0.1, 0.15) is 68.4 Å². The minimum absolute atomic E-state index is 0.274. The number of rotatable bonds is 5. The molecule has 1 aromatic carbocycles. The zero-order valence-corrected chi connectivity index (χ0v) is 15.4. The SMILES string of the molecule is C=CC(C(=O)O)C1CCC(C2CCC(c3ccc(C#N)cc3)CC2)CC1. The van der Waals surface area contributed by atoms with E-state index in [0.29, 0.717) is 5.92 Å². The summed E-state index contributed by atoms with van der Waals surface area (Å²) in [6.07, 6.45) is 11.1. The lowest BCUT2D eigenvalue weighted by Gasteiger charge is -2.38. The average molecular weight is 351 g/mol. The van der Waals surface area contributed by atoms with E-state index in [1.54, 1.807) is 6.08 Å². The third-order valence-electron chi connectivity index (χ3n) is 6.81.